The van der Waals surface area contributed by atoms with Crippen LogP contribution in [0.1, 0.15) is 34.1 Å². The molecule has 1 aliphatic carbocycles. The summed E-state index contributed by atoms with van der Waals surface area (Å²) < 4.78 is 13.2. The minimum atomic E-state index is -0.887. The second kappa shape index (κ2) is 1.50. The molecule has 1 rings (SSSR count). The highest BCUT2D eigenvalue weighted by Crippen LogP contribution is 2.65. The summed E-state index contributed by atoms with van der Waals surface area (Å²) in [6.45, 7) is 7.76. The molecule has 1 fully saturated rings. The lowest BCUT2D eigenvalue weighted by molar-refractivity contribution is 0.263. The van der Waals surface area contributed by atoms with Crippen LogP contribution in [0, 0.1) is 11.3 Å². The lowest BCUT2D eigenvalue weighted by atomic mass is 10.1. The van der Waals surface area contributed by atoms with E-state index < -0.39 is 5.67 Å². The molecule has 0 heterocycles. The van der Waals surface area contributed by atoms with Crippen molar-refractivity contribution < 1.29 is 4.39 Å². The summed E-state index contributed by atoms with van der Waals surface area (Å²) in [6, 6.07) is 0. The largest absolute Gasteiger partial charge is 0.243 e. The highest BCUT2D eigenvalue weighted by Gasteiger charge is 2.68. The van der Waals surface area contributed by atoms with Gasteiger partial charge in [0.2, 0.25) is 0 Å². The Hall–Kier alpha value is -0.0700. The molecule has 2 unspecified atom stereocenters. The molecule has 0 N–H and O–H groups in total. The Bertz CT molecular complexity index is 111. The van der Waals surface area contributed by atoms with E-state index in [2.05, 4.69) is 6.92 Å². The van der Waals surface area contributed by atoms with Gasteiger partial charge < -0.3 is 0 Å². The summed E-state index contributed by atoms with van der Waals surface area (Å²) >= 11 is 0. The first-order chi connectivity index (χ1) is 3.94. The first-order valence-electron chi connectivity index (χ1n) is 3.63. The minimum absolute atomic E-state index is 0.0538. The molecule has 0 aromatic rings. The highest BCUT2D eigenvalue weighted by molar-refractivity contribution is 5.16. The van der Waals surface area contributed by atoms with Crippen molar-refractivity contribution >= 4 is 0 Å². The highest BCUT2D eigenvalue weighted by atomic mass is 19.1. The zero-order chi connectivity index (χ0) is 7.28. The molecule has 0 nitrogen and oxygen atoms in total. The molecule has 2 atom stereocenters. The van der Waals surface area contributed by atoms with E-state index in [1.807, 2.05) is 13.8 Å². The lowest BCUT2D eigenvalue weighted by Crippen LogP contribution is -2.01. The third-order valence-corrected chi connectivity index (χ3v) is 3.11. The fourth-order valence-corrected chi connectivity index (χ4v) is 1.94. The standard InChI is InChI=1S/C8H15F/c1-5-6-7(2,3)8(6,4)9/h6H,5H2,1-4H3. The topological polar surface area (TPSA) is 0 Å². The van der Waals surface area contributed by atoms with E-state index in [0.29, 0.717) is 5.92 Å². The van der Waals surface area contributed by atoms with Gasteiger partial charge in [0.1, 0.15) is 5.67 Å². The van der Waals surface area contributed by atoms with Gasteiger partial charge in [-0.1, -0.05) is 20.8 Å². The second-order valence-electron chi connectivity index (χ2n) is 3.76. The zero-order valence-electron chi connectivity index (χ0n) is 6.66. The summed E-state index contributed by atoms with van der Waals surface area (Å²) in [5.41, 5.74) is -0.941. The van der Waals surface area contributed by atoms with E-state index in [1.165, 1.54) is 0 Å². The SMILES string of the molecule is CCC1C(C)(C)C1(C)F. The third-order valence-electron chi connectivity index (χ3n) is 3.11. The predicted molar refractivity (Wildman–Crippen MR) is 37.1 cm³/mol. The summed E-state index contributed by atoms with van der Waals surface area (Å²) in [5.74, 6) is 0.296. The van der Waals surface area contributed by atoms with Gasteiger partial charge in [0.25, 0.3) is 0 Å². The maximum absolute atomic E-state index is 13.2. The molecule has 1 heteroatoms. The van der Waals surface area contributed by atoms with E-state index in [-0.39, 0.29) is 5.41 Å². The minimum Gasteiger partial charge on any atom is -0.243 e. The number of hydrogen-bond acceptors (Lipinski definition) is 0. The van der Waals surface area contributed by atoms with Gasteiger partial charge in [-0.25, -0.2) is 4.39 Å². The Kier molecular flexibility index (Phi) is 1.17. The van der Waals surface area contributed by atoms with Crippen molar-refractivity contribution in [3.05, 3.63) is 0 Å². The van der Waals surface area contributed by atoms with Gasteiger partial charge >= 0.3 is 0 Å². The summed E-state index contributed by atoms with van der Waals surface area (Å²) in [4.78, 5) is 0. The molecule has 0 aromatic heterocycles. The van der Waals surface area contributed by atoms with Gasteiger partial charge in [-0.3, -0.25) is 0 Å². The Balaban J connectivity index is 2.66. The van der Waals surface area contributed by atoms with Gasteiger partial charge in [0, 0.05) is 11.3 Å². The van der Waals surface area contributed by atoms with E-state index >= 15 is 0 Å². The number of rotatable bonds is 1. The first kappa shape index (κ1) is 7.04. The third kappa shape index (κ3) is 0.637. The predicted octanol–water partition coefficient (Wildman–Crippen LogP) is 2.78. The van der Waals surface area contributed by atoms with Crippen LogP contribution in [0.5, 0.6) is 0 Å². The Morgan fingerprint density at radius 1 is 1.33 bits per heavy atom. The quantitative estimate of drug-likeness (QED) is 0.512. The fourth-order valence-electron chi connectivity index (χ4n) is 1.94. The Morgan fingerprint density at radius 3 is 1.67 bits per heavy atom. The van der Waals surface area contributed by atoms with E-state index in [1.54, 1.807) is 6.92 Å². The van der Waals surface area contributed by atoms with Gasteiger partial charge in [-0.2, -0.15) is 0 Å². The van der Waals surface area contributed by atoms with Gasteiger partial charge in [0.15, 0.2) is 0 Å². The molecule has 0 radical (unpaired) electrons. The van der Waals surface area contributed by atoms with Crippen LogP contribution in [0.2, 0.25) is 0 Å². The Labute approximate surface area is 56.5 Å². The fraction of sp³-hybridized carbons (Fsp3) is 1.00. The molecule has 9 heavy (non-hydrogen) atoms. The van der Waals surface area contributed by atoms with E-state index in [4.69, 9.17) is 0 Å². The monoisotopic (exact) mass is 130 g/mol. The van der Waals surface area contributed by atoms with Crippen LogP contribution in [0.3, 0.4) is 0 Å². The number of halogens is 1. The molecule has 0 aliphatic heterocycles. The van der Waals surface area contributed by atoms with Crippen LogP contribution < -0.4 is 0 Å². The van der Waals surface area contributed by atoms with E-state index in [9.17, 15) is 4.39 Å². The molecule has 0 bridgehead atoms. The zero-order valence-corrected chi connectivity index (χ0v) is 6.66. The molecule has 0 spiro atoms. The average Bonchev–Trinajstić information content (AvgIpc) is 2.00. The second-order valence-corrected chi connectivity index (χ2v) is 3.76. The van der Waals surface area contributed by atoms with Crippen LogP contribution >= 0.6 is 0 Å². The van der Waals surface area contributed by atoms with Crippen molar-refractivity contribution in [3.63, 3.8) is 0 Å². The first-order valence-corrected chi connectivity index (χ1v) is 3.63. The molecular formula is C8H15F. The maximum Gasteiger partial charge on any atom is 0.117 e. The summed E-state index contributed by atoms with van der Waals surface area (Å²) in [6.07, 6.45) is 0.972. The summed E-state index contributed by atoms with van der Waals surface area (Å²) in [5, 5.41) is 0. The van der Waals surface area contributed by atoms with Crippen molar-refractivity contribution in [2.75, 3.05) is 0 Å². The van der Waals surface area contributed by atoms with Crippen LogP contribution in [-0.2, 0) is 0 Å². The van der Waals surface area contributed by atoms with Crippen molar-refractivity contribution in [2.24, 2.45) is 11.3 Å². The van der Waals surface area contributed by atoms with Crippen molar-refractivity contribution in [3.8, 4) is 0 Å². The smallest absolute Gasteiger partial charge is 0.117 e. The maximum atomic E-state index is 13.2. The van der Waals surface area contributed by atoms with Crippen LogP contribution in [0.15, 0.2) is 0 Å². The normalized spacial score (nSPS) is 47.0. The van der Waals surface area contributed by atoms with Gasteiger partial charge in [-0.15, -0.1) is 0 Å². The lowest BCUT2D eigenvalue weighted by Gasteiger charge is -2.00. The van der Waals surface area contributed by atoms with E-state index in [0.717, 1.165) is 6.42 Å². The molecule has 0 amide bonds. The molecule has 0 saturated heterocycles. The Morgan fingerprint density at radius 2 is 1.67 bits per heavy atom. The van der Waals surface area contributed by atoms with Gasteiger partial charge in [0.05, 0.1) is 0 Å². The van der Waals surface area contributed by atoms with Crippen LogP contribution in [0.4, 0.5) is 4.39 Å². The number of hydrogen-bond donors (Lipinski definition) is 0. The molecule has 1 aliphatic rings. The average molecular weight is 130 g/mol. The summed E-state index contributed by atoms with van der Waals surface area (Å²) in [7, 11) is 0. The van der Waals surface area contributed by atoms with Crippen LogP contribution in [-0.4, -0.2) is 5.67 Å². The molecule has 1 saturated carbocycles. The number of alkyl halides is 1. The van der Waals surface area contributed by atoms with Crippen molar-refractivity contribution in [1.29, 1.82) is 0 Å². The molecular weight excluding hydrogens is 115 g/mol. The molecule has 0 aromatic carbocycles. The van der Waals surface area contributed by atoms with Crippen LogP contribution in [0.25, 0.3) is 0 Å². The van der Waals surface area contributed by atoms with Crippen molar-refractivity contribution in [1.82, 2.24) is 0 Å². The van der Waals surface area contributed by atoms with Gasteiger partial charge in [-0.05, 0) is 13.3 Å². The van der Waals surface area contributed by atoms with Crippen molar-refractivity contribution in [2.45, 2.75) is 39.8 Å². The molecule has 54 valence electrons.